The van der Waals surface area contributed by atoms with Gasteiger partial charge in [-0.2, -0.15) is 0 Å². The largest absolute Gasteiger partial charge is 0.345 e. The van der Waals surface area contributed by atoms with Gasteiger partial charge in [-0.25, -0.2) is 5.10 Å². The highest BCUT2D eigenvalue weighted by Crippen LogP contribution is 2.31. The van der Waals surface area contributed by atoms with Crippen LogP contribution in [0.2, 0.25) is 0 Å². The van der Waals surface area contributed by atoms with Crippen molar-refractivity contribution < 1.29 is 9.59 Å². The van der Waals surface area contributed by atoms with Crippen LogP contribution >= 0.6 is 15.9 Å². The topological polar surface area (TPSA) is 104 Å². The second-order valence-electron chi connectivity index (χ2n) is 7.22. The van der Waals surface area contributed by atoms with Crippen LogP contribution in [0.15, 0.2) is 71.2 Å². The minimum Gasteiger partial charge on any atom is -0.345 e. The van der Waals surface area contributed by atoms with Crippen molar-refractivity contribution in [3.63, 3.8) is 0 Å². The summed E-state index contributed by atoms with van der Waals surface area (Å²) in [6.07, 6.45) is 0. The summed E-state index contributed by atoms with van der Waals surface area (Å²) >= 11 is 3.41. The molecule has 0 aliphatic carbocycles. The fraction of sp³-hybridized carbons (Fsp3) is 0.0870. The minimum atomic E-state index is -0.259. The van der Waals surface area contributed by atoms with Crippen molar-refractivity contribution in [2.24, 2.45) is 0 Å². The third-order valence-electron chi connectivity index (χ3n) is 4.86. The van der Waals surface area contributed by atoms with E-state index in [9.17, 15) is 9.59 Å². The lowest BCUT2D eigenvalue weighted by Gasteiger charge is -2.13. The lowest BCUT2D eigenvalue weighted by Crippen LogP contribution is -2.21. The second kappa shape index (κ2) is 9.11. The number of tetrazole rings is 1. The number of H-pyrrole nitrogens is 1. The fourth-order valence-corrected chi connectivity index (χ4v) is 3.67. The number of benzene rings is 3. The van der Waals surface area contributed by atoms with Gasteiger partial charge in [0.1, 0.15) is 0 Å². The number of nitrogens with zero attached hydrogens (tertiary/aromatic N) is 4. The monoisotopic (exact) mass is 490 g/mol. The van der Waals surface area contributed by atoms with Crippen molar-refractivity contribution >= 4 is 33.4 Å². The Labute approximate surface area is 192 Å². The van der Waals surface area contributed by atoms with Crippen molar-refractivity contribution in [2.75, 3.05) is 19.4 Å². The number of amides is 2. The highest BCUT2D eigenvalue weighted by atomic mass is 79.9. The number of hydrogen-bond acceptors (Lipinski definition) is 5. The summed E-state index contributed by atoms with van der Waals surface area (Å²) in [5.41, 5.74) is 4.13. The van der Waals surface area contributed by atoms with E-state index in [1.54, 1.807) is 44.4 Å². The third kappa shape index (κ3) is 4.42. The summed E-state index contributed by atoms with van der Waals surface area (Å²) in [6, 6.07) is 20.1. The first-order valence-electron chi connectivity index (χ1n) is 9.70. The molecule has 4 aromatic rings. The highest BCUT2D eigenvalue weighted by Gasteiger charge is 2.16. The van der Waals surface area contributed by atoms with Crippen LogP contribution in [0.5, 0.6) is 0 Å². The lowest BCUT2D eigenvalue weighted by atomic mass is 10.00. The van der Waals surface area contributed by atoms with Gasteiger partial charge < -0.3 is 10.2 Å². The van der Waals surface area contributed by atoms with Gasteiger partial charge in [-0.1, -0.05) is 30.3 Å². The SMILES string of the molecule is CN(C)C(=O)c1ccc(-c2ccc(NC(=O)c3ccccc3Br)c(-c3nnn[nH]3)c2)cc1. The summed E-state index contributed by atoms with van der Waals surface area (Å²) in [7, 11) is 3.43. The van der Waals surface area contributed by atoms with Gasteiger partial charge in [0.2, 0.25) is 0 Å². The van der Waals surface area contributed by atoms with Gasteiger partial charge in [-0.3, -0.25) is 9.59 Å². The Morgan fingerprint density at radius 1 is 0.969 bits per heavy atom. The zero-order chi connectivity index (χ0) is 22.7. The molecule has 2 N–H and O–H groups in total. The number of hydrogen-bond donors (Lipinski definition) is 2. The molecule has 160 valence electrons. The van der Waals surface area contributed by atoms with Gasteiger partial charge in [-0.15, -0.1) is 5.10 Å². The highest BCUT2D eigenvalue weighted by molar-refractivity contribution is 9.10. The van der Waals surface area contributed by atoms with E-state index in [0.717, 1.165) is 11.1 Å². The van der Waals surface area contributed by atoms with E-state index < -0.39 is 0 Å². The number of aromatic amines is 1. The van der Waals surface area contributed by atoms with E-state index in [1.807, 2.05) is 36.4 Å². The van der Waals surface area contributed by atoms with Crippen LogP contribution in [0.25, 0.3) is 22.5 Å². The van der Waals surface area contributed by atoms with Crippen LogP contribution in [-0.2, 0) is 0 Å². The number of rotatable bonds is 5. The molecule has 0 atom stereocenters. The maximum atomic E-state index is 12.8. The standard InChI is InChI=1S/C23H19BrN6O2/c1-30(2)23(32)15-9-7-14(8-10-15)16-11-12-20(18(13-16)21-26-28-29-27-21)25-22(31)17-5-3-4-6-19(17)24/h3-13H,1-2H3,(H,25,31)(H,26,27,28,29). The Kier molecular flexibility index (Phi) is 6.09. The Morgan fingerprint density at radius 2 is 1.69 bits per heavy atom. The molecule has 0 radical (unpaired) electrons. The normalized spacial score (nSPS) is 10.6. The molecule has 0 aliphatic heterocycles. The summed E-state index contributed by atoms with van der Waals surface area (Å²) in [5, 5.41) is 17.0. The van der Waals surface area contributed by atoms with Crippen LogP contribution in [0.1, 0.15) is 20.7 Å². The van der Waals surface area contributed by atoms with E-state index in [-0.39, 0.29) is 11.8 Å². The predicted molar refractivity (Wildman–Crippen MR) is 125 cm³/mol. The average molecular weight is 491 g/mol. The third-order valence-corrected chi connectivity index (χ3v) is 5.55. The van der Waals surface area contributed by atoms with Crippen molar-refractivity contribution in [3.8, 4) is 22.5 Å². The molecule has 0 spiro atoms. The van der Waals surface area contributed by atoms with Crippen LogP contribution in [0, 0.1) is 0 Å². The number of carbonyl (C=O) groups is 2. The molecule has 0 aliphatic rings. The van der Waals surface area contributed by atoms with Gasteiger partial charge in [0, 0.05) is 29.7 Å². The molecule has 2 amide bonds. The van der Waals surface area contributed by atoms with E-state index in [1.165, 1.54) is 4.90 Å². The maximum absolute atomic E-state index is 12.8. The molecule has 4 rings (SSSR count). The zero-order valence-corrected chi connectivity index (χ0v) is 18.9. The molecule has 1 heterocycles. The molecule has 0 unspecified atom stereocenters. The number of aromatic nitrogens is 4. The lowest BCUT2D eigenvalue weighted by molar-refractivity contribution is 0.0827. The van der Waals surface area contributed by atoms with Crippen LogP contribution < -0.4 is 5.32 Å². The molecule has 0 bridgehead atoms. The molecule has 32 heavy (non-hydrogen) atoms. The predicted octanol–water partition coefficient (Wildman–Crippen LogP) is 4.25. The fourth-order valence-electron chi connectivity index (χ4n) is 3.20. The van der Waals surface area contributed by atoms with Crippen molar-refractivity contribution in [3.05, 3.63) is 82.3 Å². The van der Waals surface area contributed by atoms with E-state index in [0.29, 0.717) is 32.7 Å². The first-order chi connectivity index (χ1) is 15.4. The molecule has 9 heteroatoms. The first kappa shape index (κ1) is 21.4. The summed E-state index contributed by atoms with van der Waals surface area (Å²) < 4.78 is 0.698. The number of carbonyl (C=O) groups excluding carboxylic acids is 2. The van der Waals surface area contributed by atoms with Crippen LogP contribution in [0.3, 0.4) is 0 Å². The van der Waals surface area contributed by atoms with Crippen LogP contribution in [-0.4, -0.2) is 51.4 Å². The Balaban J connectivity index is 1.69. The molecule has 0 saturated carbocycles. The Bertz CT molecular complexity index is 1270. The van der Waals surface area contributed by atoms with Gasteiger partial charge in [-0.05, 0) is 73.9 Å². The molecule has 1 aromatic heterocycles. The smallest absolute Gasteiger partial charge is 0.256 e. The molecular formula is C23H19BrN6O2. The number of halogens is 1. The Hall–Kier alpha value is -3.85. The molecule has 0 fully saturated rings. The summed E-state index contributed by atoms with van der Waals surface area (Å²) in [5.74, 6) is 0.106. The average Bonchev–Trinajstić information content (AvgIpc) is 3.34. The first-order valence-corrected chi connectivity index (χ1v) is 10.5. The van der Waals surface area contributed by atoms with Crippen LogP contribution in [0.4, 0.5) is 5.69 Å². The van der Waals surface area contributed by atoms with Gasteiger partial charge in [0.05, 0.1) is 11.3 Å². The summed E-state index contributed by atoms with van der Waals surface area (Å²) in [6.45, 7) is 0. The van der Waals surface area contributed by atoms with Gasteiger partial charge in [0.25, 0.3) is 11.8 Å². The van der Waals surface area contributed by atoms with Gasteiger partial charge in [0.15, 0.2) is 5.82 Å². The maximum Gasteiger partial charge on any atom is 0.256 e. The molecular weight excluding hydrogens is 472 g/mol. The molecule has 3 aromatic carbocycles. The van der Waals surface area contributed by atoms with Gasteiger partial charge >= 0.3 is 0 Å². The second-order valence-corrected chi connectivity index (χ2v) is 8.08. The van der Waals surface area contributed by atoms with E-state index >= 15 is 0 Å². The number of nitrogens with one attached hydrogen (secondary N) is 2. The molecule has 8 nitrogen and oxygen atoms in total. The van der Waals surface area contributed by atoms with E-state index in [4.69, 9.17) is 0 Å². The number of anilines is 1. The van der Waals surface area contributed by atoms with Crippen molar-refractivity contribution in [1.82, 2.24) is 25.5 Å². The van der Waals surface area contributed by atoms with Crippen molar-refractivity contribution in [2.45, 2.75) is 0 Å². The summed E-state index contributed by atoms with van der Waals surface area (Å²) in [4.78, 5) is 26.5. The Morgan fingerprint density at radius 3 is 2.34 bits per heavy atom. The van der Waals surface area contributed by atoms with Crippen molar-refractivity contribution in [1.29, 1.82) is 0 Å². The quantitative estimate of drug-likeness (QED) is 0.435. The zero-order valence-electron chi connectivity index (χ0n) is 17.3. The molecule has 0 saturated heterocycles. The van der Waals surface area contributed by atoms with E-state index in [2.05, 4.69) is 41.9 Å². The minimum absolute atomic E-state index is 0.0601.